The van der Waals surface area contributed by atoms with Gasteiger partial charge in [0, 0.05) is 36.0 Å². The van der Waals surface area contributed by atoms with Gasteiger partial charge in [0.2, 0.25) is 5.88 Å². The molecule has 2 amide bonds. The summed E-state index contributed by atoms with van der Waals surface area (Å²) in [5, 5.41) is 5.85. The van der Waals surface area contributed by atoms with Crippen LogP contribution < -0.4 is 15.4 Å². The van der Waals surface area contributed by atoms with Crippen molar-refractivity contribution in [2.24, 2.45) is 0 Å². The van der Waals surface area contributed by atoms with Gasteiger partial charge in [0.1, 0.15) is 6.61 Å². The van der Waals surface area contributed by atoms with Gasteiger partial charge in [-0.1, -0.05) is 42.5 Å². The quantitative estimate of drug-likeness (QED) is 0.606. The fourth-order valence-electron chi connectivity index (χ4n) is 2.92. The Morgan fingerprint density at radius 3 is 2.40 bits per heavy atom. The highest BCUT2D eigenvalue weighted by molar-refractivity contribution is 5.95. The number of hydrogen-bond donors (Lipinski definition) is 2. The number of carbonyl (C=O) groups is 2. The molecule has 6 heteroatoms. The van der Waals surface area contributed by atoms with E-state index in [-0.39, 0.29) is 11.8 Å². The lowest BCUT2D eigenvalue weighted by Gasteiger charge is -2.09. The first-order chi connectivity index (χ1) is 14.7. The van der Waals surface area contributed by atoms with Crippen LogP contribution in [-0.2, 0) is 13.2 Å². The van der Waals surface area contributed by atoms with Crippen LogP contribution in [0.25, 0.3) is 0 Å². The number of nitrogens with one attached hydrogen (secondary N) is 2. The van der Waals surface area contributed by atoms with Gasteiger partial charge in [0.05, 0.1) is 0 Å². The maximum atomic E-state index is 12.5. The van der Waals surface area contributed by atoms with Crippen molar-refractivity contribution >= 4 is 11.8 Å². The third kappa shape index (κ3) is 5.44. The van der Waals surface area contributed by atoms with E-state index >= 15 is 0 Å². The van der Waals surface area contributed by atoms with E-state index in [0.29, 0.717) is 36.2 Å². The van der Waals surface area contributed by atoms with E-state index in [1.807, 2.05) is 42.5 Å². The van der Waals surface area contributed by atoms with Crippen molar-refractivity contribution in [3.63, 3.8) is 0 Å². The number of carbonyl (C=O) groups excluding carboxylic acids is 2. The van der Waals surface area contributed by atoms with Crippen molar-refractivity contribution in [2.75, 3.05) is 0 Å². The van der Waals surface area contributed by atoms with E-state index in [9.17, 15) is 9.59 Å². The molecule has 0 atom stereocenters. The molecule has 0 aliphatic heterocycles. The molecule has 1 fully saturated rings. The molecule has 0 radical (unpaired) electrons. The molecule has 30 heavy (non-hydrogen) atoms. The van der Waals surface area contributed by atoms with E-state index in [4.69, 9.17) is 4.74 Å². The summed E-state index contributed by atoms with van der Waals surface area (Å²) < 4.78 is 5.68. The number of aromatic nitrogens is 1. The number of nitrogens with zero attached hydrogens (tertiary/aromatic N) is 1. The van der Waals surface area contributed by atoms with Crippen LogP contribution in [0.15, 0.2) is 72.9 Å². The SMILES string of the molecule is O=C(NCc1ccc(C(=O)NC2CC2)cc1)c1ccnc(OCc2ccccc2)c1. The van der Waals surface area contributed by atoms with Crippen molar-refractivity contribution in [1.29, 1.82) is 0 Å². The Morgan fingerprint density at radius 2 is 1.67 bits per heavy atom. The molecule has 152 valence electrons. The summed E-state index contributed by atoms with van der Waals surface area (Å²) in [4.78, 5) is 28.7. The second-order valence-corrected chi connectivity index (χ2v) is 7.28. The third-order valence-corrected chi connectivity index (χ3v) is 4.81. The smallest absolute Gasteiger partial charge is 0.251 e. The zero-order valence-electron chi connectivity index (χ0n) is 16.5. The first-order valence-electron chi connectivity index (χ1n) is 9.98. The average Bonchev–Trinajstić information content (AvgIpc) is 3.61. The van der Waals surface area contributed by atoms with Crippen LogP contribution in [0, 0.1) is 0 Å². The van der Waals surface area contributed by atoms with Crippen LogP contribution in [0.4, 0.5) is 0 Å². The highest BCUT2D eigenvalue weighted by Gasteiger charge is 2.23. The van der Waals surface area contributed by atoms with Gasteiger partial charge in [-0.3, -0.25) is 9.59 Å². The molecule has 2 N–H and O–H groups in total. The number of ether oxygens (including phenoxy) is 1. The summed E-state index contributed by atoms with van der Waals surface area (Å²) in [6, 6.07) is 20.6. The Hall–Kier alpha value is -3.67. The number of amides is 2. The molecule has 0 bridgehead atoms. The Bertz CT molecular complexity index is 1020. The molecule has 1 aromatic heterocycles. The molecule has 2 aromatic carbocycles. The summed E-state index contributed by atoms with van der Waals surface area (Å²) in [6.07, 6.45) is 3.68. The normalized spacial score (nSPS) is 12.8. The number of rotatable bonds is 8. The van der Waals surface area contributed by atoms with Gasteiger partial charge in [-0.25, -0.2) is 4.98 Å². The second kappa shape index (κ2) is 9.22. The number of hydrogen-bond acceptors (Lipinski definition) is 4. The summed E-state index contributed by atoms with van der Waals surface area (Å²) >= 11 is 0. The lowest BCUT2D eigenvalue weighted by molar-refractivity contribution is 0.0941. The summed E-state index contributed by atoms with van der Waals surface area (Å²) in [5.41, 5.74) is 3.06. The fourth-order valence-corrected chi connectivity index (χ4v) is 2.92. The van der Waals surface area contributed by atoms with Gasteiger partial charge in [-0.05, 0) is 42.2 Å². The zero-order valence-corrected chi connectivity index (χ0v) is 16.5. The standard InChI is InChI=1S/C24H23N3O3/c28-23(20-12-13-25-22(14-20)30-16-18-4-2-1-3-5-18)26-15-17-6-8-19(9-7-17)24(29)27-21-10-11-21/h1-9,12-14,21H,10-11,15-16H2,(H,26,28)(H,27,29). The number of benzene rings is 2. The molecule has 3 aromatic rings. The largest absolute Gasteiger partial charge is 0.473 e. The van der Waals surface area contributed by atoms with Gasteiger partial charge in [-0.15, -0.1) is 0 Å². The molecule has 4 rings (SSSR count). The van der Waals surface area contributed by atoms with E-state index in [2.05, 4.69) is 15.6 Å². The summed E-state index contributed by atoms with van der Waals surface area (Å²) in [5.74, 6) is 0.142. The predicted octanol–water partition coefficient (Wildman–Crippen LogP) is 3.48. The van der Waals surface area contributed by atoms with Gasteiger partial charge >= 0.3 is 0 Å². The Morgan fingerprint density at radius 1 is 0.900 bits per heavy atom. The Labute approximate surface area is 175 Å². The highest BCUT2D eigenvalue weighted by Crippen LogP contribution is 2.19. The average molecular weight is 401 g/mol. The fraction of sp³-hybridized carbons (Fsp3) is 0.208. The first-order valence-corrected chi connectivity index (χ1v) is 9.98. The Balaban J connectivity index is 1.29. The second-order valence-electron chi connectivity index (χ2n) is 7.28. The van der Waals surface area contributed by atoms with Crippen LogP contribution in [-0.4, -0.2) is 22.8 Å². The summed E-state index contributed by atoms with van der Waals surface area (Å²) in [7, 11) is 0. The van der Waals surface area contributed by atoms with E-state index in [1.165, 1.54) is 0 Å². The van der Waals surface area contributed by atoms with Gasteiger partial charge in [0.15, 0.2) is 0 Å². The van der Waals surface area contributed by atoms with Crippen molar-refractivity contribution in [3.05, 3.63) is 95.2 Å². The molecule has 6 nitrogen and oxygen atoms in total. The molecular weight excluding hydrogens is 378 g/mol. The highest BCUT2D eigenvalue weighted by atomic mass is 16.5. The van der Waals surface area contributed by atoms with E-state index < -0.39 is 0 Å². The summed E-state index contributed by atoms with van der Waals surface area (Å²) in [6.45, 7) is 0.755. The van der Waals surface area contributed by atoms with Crippen LogP contribution in [0.2, 0.25) is 0 Å². The topological polar surface area (TPSA) is 80.3 Å². The van der Waals surface area contributed by atoms with Crippen LogP contribution in [0.3, 0.4) is 0 Å². The first kappa shape index (κ1) is 19.6. The predicted molar refractivity (Wildman–Crippen MR) is 113 cm³/mol. The monoisotopic (exact) mass is 401 g/mol. The maximum Gasteiger partial charge on any atom is 0.251 e. The molecule has 1 heterocycles. The lowest BCUT2D eigenvalue weighted by atomic mass is 10.1. The van der Waals surface area contributed by atoms with Crippen LogP contribution in [0.1, 0.15) is 44.7 Å². The van der Waals surface area contributed by atoms with Crippen molar-refractivity contribution < 1.29 is 14.3 Å². The minimum absolute atomic E-state index is 0.0482. The van der Waals surface area contributed by atoms with E-state index in [1.54, 1.807) is 30.5 Å². The van der Waals surface area contributed by atoms with Crippen LogP contribution in [0.5, 0.6) is 5.88 Å². The molecule has 0 unspecified atom stereocenters. The van der Waals surface area contributed by atoms with Gasteiger partial charge in [-0.2, -0.15) is 0 Å². The zero-order chi connectivity index (χ0) is 20.8. The van der Waals surface area contributed by atoms with E-state index in [0.717, 1.165) is 24.0 Å². The molecule has 0 saturated heterocycles. The molecular formula is C24H23N3O3. The number of pyridine rings is 1. The molecule has 1 saturated carbocycles. The molecule has 0 spiro atoms. The van der Waals surface area contributed by atoms with Gasteiger partial charge < -0.3 is 15.4 Å². The molecule has 1 aliphatic rings. The van der Waals surface area contributed by atoms with Crippen molar-refractivity contribution in [2.45, 2.75) is 32.0 Å². The van der Waals surface area contributed by atoms with Crippen LogP contribution >= 0.6 is 0 Å². The Kier molecular flexibility index (Phi) is 6.03. The lowest BCUT2D eigenvalue weighted by Crippen LogP contribution is -2.25. The molecule has 1 aliphatic carbocycles. The minimum Gasteiger partial charge on any atom is -0.473 e. The van der Waals surface area contributed by atoms with Crippen molar-refractivity contribution in [3.8, 4) is 5.88 Å². The minimum atomic E-state index is -0.211. The van der Waals surface area contributed by atoms with Gasteiger partial charge in [0.25, 0.3) is 11.8 Å². The third-order valence-electron chi connectivity index (χ3n) is 4.81. The maximum absolute atomic E-state index is 12.5. The van der Waals surface area contributed by atoms with Crippen molar-refractivity contribution in [1.82, 2.24) is 15.6 Å².